The fraction of sp³-hybridized carbons (Fsp3) is 0.364. The first-order chi connectivity index (χ1) is 8.58. The Morgan fingerprint density at radius 3 is 2.78 bits per heavy atom. The van der Waals surface area contributed by atoms with Gasteiger partial charge in [0.05, 0.1) is 13.7 Å². The number of methoxy groups -OCH3 is 1. The molecule has 0 radical (unpaired) electrons. The van der Waals surface area contributed by atoms with E-state index in [1.54, 1.807) is 6.07 Å². The summed E-state index contributed by atoms with van der Waals surface area (Å²) >= 11 is 0. The number of ether oxygens (including phenoxy) is 1. The molecule has 0 bridgehead atoms. The molecule has 1 aromatic rings. The van der Waals surface area contributed by atoms with Crippen molar-refractivity contribution in [2.75, 3.05) is 13.7 Å². The van der Waals surface area contributed by atoms with E-state index >= 15 is 0 Å². The number of esters is 1. The largest absolute Gasteiger partial charge is 0.467 e. The molecule has 0 aliphatic rings. The highest BCUT2D eigenvalue weighted by molar-refractivity contribution is 5.92. The van der Waals surface area contributed by atoms with Gasteiger partial charge in [-0.05, 0) is 11.6 Å². The molecule has 1 unspecified atom stereocenters. The van der Waals surface area contributed by atoms with Gasteiger partial charge in [-0.3, -0.25) is 9.78 Å². The van der Waals surface area contributed by atoms with Crippen molar-refractivity contribution in [3.8, 4) is 0 Å². The van der Waals surface area contributed by atoms with Crippen LogP contribution in [-0.4, -0.2) is 41.7 Å². The second-order valence-electron chi connectivity index (χ2n) is 3.50. The number of nitrogens with one attached hydrogen (secondary N) is 1. The average molecular weight is 253 g/mol. The van der Waals surface area contributed by atoms with Gasteiger partial charge >= 0.3 is 5.97 Å². The van der Waals surface area contributed by atoms with E-state index in [4.69, 9.17) is 5.73 Å². The van der Waals surface area contributed by atoms with E-state index in [-0.39, 0.29) is 12.2 Å². The lowest BCUT2D eigenvalue weighted by molar-refractivity contribution is -0.149. The molecular weight excluding hydrogens is 238 g/mol. The highest BCUT2D eigenvalue weighted by Gasteiger charge is 2.17. The maximum atomic E-state index is 11.6. The second kappa shape index (κ2) is 6.67. The van der Waals surface area contributed by atoms with Crippen LogP contribution in [0.2, 0.25) is 0 Å². The van der Waals surface area contributed by atoms with Crippen LogP contribution in [0.15, 0.2) is 18.3 Å². The summed E-state index contributed by atoms with van der Waals surface area (Å²) in [5, 5.41) is 11.6. The zero-order valence-electron chi connectivity index (χ0n) is 9.92. The first-order valence-electron chi connectivity index (χ1n) is 5.27. The van der Waals surface area contributed by atoms with E-state index in [2.05, 4.69) is 15.0 Å². The molecule has 98 valence electrons. The van der Waals surface area contributed by atoms with Gasteiger partial charge in [0.25, 0.3) is 5.91 Å². The minimum atomic E-state index is -1.39. The number of nitrogens with zero attached hydrogens (tertiary/aromatic N) is 1. The van der Waals surface area contributed by atoms with Gasteiger partial charge in [0.15, 0.2) is 6.10 Å². The van der Waals surface area contributed by atoms with Crippen molar-refractivity contribution < 1.29 is 19.4 Å². The first kappa shape index (κ1) is 14.1. The van der Waals surface area contributed by atoms with E-state index in [0.717, 1.165) is 12.7 Å². The Labute approximate surface area is 104 Å². The normalized spacial score (nSPS) is 11.7. The molecule has 0 aliphatic heterocycles. The molecule has 1 aromatic heterocycles. The van der Waals surface area contributed by atoms with E-state index in [0.29, 0.717) is 6.54 Å². The summed E-state index contributed by atoms with van der Waals surface area (Å²) in [5.74, 6) is -1.29. The van der Waals surface area contributed by atoms with Gasteiger partial charge in [-0.2, -0.15) is 0 Å². The Bertz CT molecular complexity index is 419. The number of nitrogens with two attached hydrogens (primary N) is 1. The van der Waals surface area contributed by atoms with Gasteiger partial charge < -0.3 is 20.9 Å². The molecule has 7 nitrogen and oxygen atoms in total. The number of aromatic nitrogens is 1. The minimum absolute atomic E-state index is 0.185. The molecule has 0 aliphatic carbocycles. The van der Waals surface area contributed by atoms with Gasteiger partial charge in [-0.25, -0.2) is 4.79 Å². The van der Waals surface area contributed by atoms with Gasteiger partial charge in [0, 0.05) is 12.7 Å². The lowest BCUT2D eigenvalue weighted by Gasteiger charge is -2.09. The predicted octanol–water partition coefficient (Wildman–Crippen LogP) is -1.20. The van der Waals surface area contributed by atoms with Crippen molar-refractivity contribution >= 4 is 11.9 Å². The second-order valence-corrected chi connectivity index (χ2v) is 3.50. The van der Waals surface area contributed by atoms with Crippen LogP contribution in [0, 0.1) is 0 Å². The van der Waals surface area contributed by atoms with E-state index in [1.165, 1.54) is 12.3 Å². The van der Waals surface area contributed by atoms with Gasteiger partial charge in [-0.15, -0.1) is 0 Å². The summed E-state index contributed by atoms with van der Waals surface area (Å²) in [4.78, 5) is 26.4. The fourth-order valence-corrected chi connectivity index (χ4v) is 1.18. The van der Waals surface area contributed by atoms with Crippen LogP contribution in [0.3, 0.4) is 0 Å². The number of aliphatic hydroxyl groups is 1. The smallest absolute Gasteiger partial charge is 0.336 e. The van der Waals surface area contributed by atoms with Crippen molar-refractivity contribution in [1.29, 1.82) is 0 Å². The minimum Gasteiger partial charge on any atom is -0.467 e. The maximum absolute atomic E-state index is 11.6. The van der Waals surface area contributed by atoms with Crippen LogP contribution in [0.5, 0.6) is 0 Å². The Hall–Kier alpha value is -1.99. The predicted molar refractivity (Wildman–Crippen MR) is 62.5 cm³/mol. The molecule has 1 amide bonds. The Morgan fingerprint density at radius 2 is 2.28 bits per heavy atom. The van der Waals surface area contributed by atoms with Crippen LogP contribution in [0.4, 0.5) is 0 Å². The molecule has 4 N–H and O–H groups in total. The van der Waals surface area contributed by atoms with Crippen LogP contribution in [0.25, 0.3) is 0 Å². The zero-order valence-corrected chi connectivity index (χ0v) is 9.92. The summed E-state index contributed by atoms with van der Waals surface area (Å²) in [5.41, 5.74) is 6.39. The van der Waals surface area contributed by atoms with Crippen molar-refractivity contribution in [1.82, 2.24) is 10.3 Å². The number of carbonyl (C=O) groups excluding carboxylic acids is 2. The van der Waals surface area contributed by atoms with Crippen molar-refractivity contribution in [2.45, 2.75) is 12.6 Å². The summed E-state index contributed by atoms with van der Waals surface area (Å²) in [6.07, 6.45) is 0.105. The number of rotatable bonds is 5. The van der Waals surface area contributed by atoms with Crippen molar-refractivity contribution in [3.63, 3.8) is 0 Å². The van der Waals surface area contributed by atoms with Gasteiger partial charge in [0.2, 0.25) is 0 Å². The number of pyridine rings is 1. The SMILES string of the molecule is COC(=O)C(O)CNC(=O)c1ccc(CN)cn1. The molecule has 1 atom stereocenters. The summed E-state index contributed by atoms with van der Waals surface area (Å²) in [6, 6.07) is 3.20. The Kier molecular flexibility index (Phi) is 5.22. The lowest BCUT2D eigenvalue weighted by Crippen LogP contribution is -2.37. The lowest BCUT2D eigenvalue weighted by atomic mass is 10.2. The number of amides is 1. The molecule has 0 fully saturated rings. The highest BCUT2D eigenvalue weighted by atomic mass is 16.5. The number of carbonyl (C=O) groups is 2. The van der Waals surface area contributed by atoms with Crippen LogP contribution in [-0.2, 0) is 16.1 Å². The molecule has 7 heteroatoms. The molecule has 1 heterocycles. The standard InChI is InChI=1S/C11H15N3O4/c1-18-11(17)9(15)6-14-10(16)8-3-2-7(4-12)5-13-8/h2-3,5,9,15H,4,6,12H2,1H3,(H,14,16). The summed E-state index contributed by atoms with van der Waals surface area (Å²) < 4.78 is 4.31. The highest BCUT2D eigenvalue weighted by Crippen LogP contribution is 1.99. The first-order valence-corrected chi connectivity index (χ1v) is 5.27. The number of hydrogen-bond donors (Lipinski definition) is 3. The third kappa shape index (κ3) is 3.79. The monoisotopic (exact) mass is 253 g/mol. The quantitative estimate of drug-likeness (QED) is 0.568. The number of hydrogen-bond acceptors (Lipinski definition) is 6. The topological polar surface area (TPSA) is 115 Å². The fourth-order valence-electron chi connectivity index (χ4n) is 1.18. The third-order valence-electron chi connectivity index (χ3n) is 2.22. The van der Waals surface area contributed by atoms with E-state index in [1.807, 2.05) is 0 Å². The van der Waals surface area contributed by atoms with Crippen LogP contribution >= 0.6 is 0 Å². The molecular formula is C11H15N3O4. The average Bonchev–Trinajstić information content (AvgIpc) is 2.43. The van der Waals surface area contributed by atoms with E-state index in [9.17, 15) is 14.7 Å². The number of aliphatic hydroxyl groups excluding tert-OH is 1. The van der Waals surface area contributed by atoms with Crippen molar-refractivity contribution in [2.24, 2.45) is 5.73 Å². The molecule has 0 saturated heterocycles. The molecule has 0 saturated carbocycles. The van der Waals surface area contributed by atoms with Crippen LogP contribution in [0.1, 0.15) is 16.1 Å². The summed E-state index contributed by atoms with van der Waals surface area (Å²) in [6.45, 7) is 0.113. The summed E-state index contributed by atoms with van der Waals surface area (Å²) in [7, 11) is 1.15. The molecule has 0 aromatic carbocycles. The molecule has 18 heavy (non-hydrogen) atoms. The van der Waals surface area contributed by atoms with E-state index < -0.39 is 18.0 Å². The van der Waals surface area contributed by atoms with Gasteiger partial charge in [0.1, 0.15) is 5.69 Å². The maximum Gasteiger partial charge on any atom is 0.336 e. The van der Waals surface area contributed by atoms with Crippen LogP contribution < -0.4 is 11.1 Å². The Balaban J connectivity index is 2.52. The van der Waals surface area contributed by atoms with Gasteiger partial charge in [-0.1, -0.05) is 6.07 Å². The molecule has 0 spiro atoms. The zero-order chi connectivity index (χ0) is 13.5. The molecule has 1 rings (SSSR count). The third-order valence-corrected chi connectivity index (χ3v) is 2.22. The van der Waals surface area contributed by atoms with Crippen molar-refractivity contribution in [3.05, 3.63) is 29.6 Å². The Morgan fingerprint density at radius 1 is 1.56 bits per heavy atom.